The fourth-order valence-corrected chi connectivity index (χ4v) is 5.36. The Labute approximate surface area is 357 Å². The van der Waals surface area contributed by atoms with Crippen molar-refractivity contribution in [2.45, 2.75) is 39.8 Å². The van der Waals surface area contributed by atoms with E-state index in [4.69, 9.17) is 62.5 Å². The summed E-state index contributed by atoms with van der Waals surface area (Å²) in [6.07, 6.45) is 4.12. The topological polar surface area (TPSA) is 418 Å². The maximum atomic E-state index is 11.5. The molecule has 0 aliphatic rings. The molecule has 330 valence electrons. The van der Waals surface area contributed by atoms with Gasteiger partial charge in [0.1, 0.15) is 0 Å². The molecule has 0 spiro atoms. The molecule has 0 fully saturated rings. The number of anilines is 2. The number of benzene rings is 1. The van der Waals surface area contributed by atoms with Crippen LogP contribution in [0.3, 0.4) is 0 Å². The molecule has 0 saturated heterocycles. The number of aromatic amines is 2. The Morgan fingerprint density at radius 2 is 0.918 bits per heavy atom. The van der Waals surface area contributed by atoms with Gasteiger partial charge in [0.2, 0.25) is 11.9 Å². The van der Waals surface area contributed by atoms with Crippen molar-refractivity contribution in [1.82, 2.24) is 49.0 Å². The third-order valence-electron chi connectivity index (χ3n) is 8.37. The molecule has 0 radical (unpaired) electrons. The van der Waals surface area contributed by atoms with Crippen LogP contribution in [-0.4, -0.2) is 106 Å². The summed E-state index contributed by atoms with van der Waals surface area (Å²) in [7, 11) is 0. The number of H-pyrrole nitrogens is 2. The molecule has 10 N–H and O–H groups in total. The third-order valence-corrected chi connectivity index (χ3v) is 8.37. The Kier molecular flexibility index (Phi) is 20.1. The van der Waals surface area contributed by atoms with E-state index in [1.165, 1.54) is 12.7 Å². The van der Waals surface area contributed by atoms with E-state index in [0.29, 0.717) is 37.2 Å². The standard InChI is InChI=1S/C14H12N2.2C10H15N5O3.2NO3.Pt/c1-9-3-5-11-7-8-12-6-4-10(2)16-14(12)13(11)15-9;2*11-10-13-8-7(9(18)14-10)12-5-15(8)2-1-6(3-16)4-17;2*2-1(3)4;/h3-8H,1-2H3;2*5-6,16-17H,1-4H2,(H3,11,13,14,18);;;/q;;;2*-1;+2. The van der Waals surface area contributed by atoms with E-state index < -0.39 is 10.2 Å². The van der Waals surface area contributed by atoms with Gasteiger partial charge in [-0.2, -0.15) is 9.97 Å². The van der Waals surface area contributed by atoms with Crippen LogP contribution in [0.15, 0.2) is 58.6 Å². The van der Waals surface area contributed by atoms with Gasteiger partial charge in [-0.1, -0.05) is 24.3 Å². The molecule has 0 bridgehead atoms. The van der Waals surface area contributed by atoms with Gasteiger partial charge in [-0.05, 0) is 38.8 Å². The van der Waals surface area contributed by atoms with Crippen LogP contribution < -0.4 is 22.6 Å². The van der Waals surface area contributed by atoms with Gasteiger partial charge in [-0.3, -0.25) is 29.5 Å². The molecule has 0 saturated carbocycles. The van der Waals surface area contributed by atoms with E-state index in [1.54, 1.807) is 9.13 Å². The smallest absolute Gasteiger partial charge is 0.396 e. The Morgan fingerprint density at radius 1 is 0.607 bits per heavy atom. The van der Waals surface area contributed by atoms with E-state index >= 15 is 0 Å². The summed E-state index contributed by atoms with van der Waals surface area (Å²) in [6.45, 7) is 4.68. The summed E-state index contributed by atoms with van der Waals surface area (Å²) >= 11 is 0. The van der Waals surface area contributed by atoms with E-state index in [9.17, 15) is 9.59 Å². The minimum absolute atomic E-state index is 0. The van der Waals surface area contributed by atoms with Gasteiger partial charge < -0.3 is 71.7 Å². The zero-order valence-electron chi connectivity index (χ0n) is 32.4. The quantitative estimate of drug-likeness (QED) is 0.0519. The van der Waals surface area contributed by atoms with Crippen LogP contribution in [0.25, 0.3) is 44.1 Å². The van der Waals surface area contributed by atoms with Crippen LogP contribution in [0, 0.1) is 56.3 Å². The van der Waals surface area contributed by atoms with Crippen molar-refractivity contribution < 1.29 is 51.7 Å². The van der Waals surface area contributed by atoms with E-state index in [2.05, 4.69) is 64.1 Å². The molecule has 0 aliphatic carbocycles. The fourth-order valence-electron chi connectivity index (χ4n) is 5.36. The van der Waals surface area contributed by atoms with Crippen LogP contribution in [0.1, 0.15) is 24.2 Å². The first-order valence-electron chi connectivity index (χ1n) is 17.6. The number of imidazole rings is 2. The first kappa shape index (κ1) is 50.4. The van der Waals surface area contributed by atoms with E-state index in [1.807, 2.05) is 26.0 Å². The number of nitrogens with two attached hydrogens (primary N) is 2. The molecule has 7 aromatic rings. The Hall–Kier alpha value is -6.73. The monoisotopic (exact) mass is 1030 g/mol. The van der Waals surface area contributed by atoms with Gasteiger partial charge in [0, 0.05) is 73.5 Å². The molecule has 27 heteroatoms. The summed E-state index contributed by atoms with van der Waals surface area (Å²) in [5.74, 6) is -0.311. The van der Waals surface area contributed by atoms with Crippen LogP contribution in [-0.2, 0) is 34.2 Å². The van der Waals surface area contributed by atoms with Gasteiger partial charge in [-0.15, -0.1) is 0 Å². The van der Waals surface area contributed by atoms with Gasteiger partial charge in [0.05, 0.1) is 33.9 Å². The number of hydrogen-bond donors (Lipinski definition) is 8. The minimum Gasteiger partial charge on any atom is -0.396 e. The molecule has 0 unspecified atom stereocenters. The molecule has 26 nitrogen and oxygen atoms in total. The maximum Gasteiger partial charge on any atom is 2.00 e. The minimum atomic E-state index is -1.75. The molecule has 61 heavy (non-hydrogen) atoms. The van der Waals surface area contributed by atoms with Crippen molar-refractivity contribution in [3.05, 3.63) is 112 Å². The number of pyridine rings is 2. The number of aliphatic hydroxyl groups is 4. The summed E-state index contributed by atoms with van der Waals surface area (Å²) in [6, 6.07) is 12.5. The predicted octanol–water partition coefficient (Wildman–Crippen LogP) is 0.305. The number of nitrogens with one attached hydrogen (secondary N) is 2. The zero-order valence-corrected chi connectivity index (χ0v) is 34.7. The average molecular weight is 1030 g/mol. The van der Waals surface area contributed by atoms with Crippen LogP contribution in [0.2, 0.25) is 0 Å². The van der Waals surface area contributed by atoms with Gasteiger partial charge >= 0.3 is 21.1 Å². The first-order chi connectivity index (χ1) is 28.5. The number of hydrogen-bond acceptors (Lipinski definition) is 20. The summed E-state index contributed by atoms with van der Waals surface area (Å²) < 4.78 is 3.36. The van der Waals surface area contributed by atoms with Crippen molar-refractivity contribution in [3.8, 4) is 0 Å². The SMILES string of the molecule is Cc1ccc2ccc3ccc(C)nc3c2n1.Nc1nc2c(ncn2CCC(CO)CO)c(=O)[nH]1.Nc1nc2c(ncn2CCC(CO)CO)c(=O)[nH]1.O=[N+]([O-])[O-].O=[N+]([O-])[O-].[Pt+2]. The second-order valence-corrected chi connectivity index (χ2v) is 12.7. The number of nitrogen functional groups attached to an aromatic ring is 2. The number of nitrogens with zero attached hydrogens (tertiary/aromatic N) is 10. The molecule has 7 rings (SSSR count). The first-order valence-corrected chi connectivity index (χ1v) is 17.6. The van der Waals surface area contributed by atoms with Gasteiger partial charge in [-0.25, -0.2) is 9.97 Å². The Morgan fingerprint density at radius 3 is 1.23 bits per heavy atom. The van der Waals surface area contributed by atoms with Crippen LogP contribution in [0.4, 0.5) is 11.9 Å². The number of fused-ring (bicyclic) bond motifs is 5. The second-order valence-electron chi connectivity index (χ2n) is 12.7. The second kappa shape index (κ2) is 24.4. The largest absolute Gasteiger partial charge is 2.00 e. The summed E-state index contributed by atoms with van der Waals surface area (Å²) in [4.78, 5) is 69.4. The predicted molar refractivity (Wildman–Crippen MR) is 217 cm³/mol. The molecule has 1 aromatic carbocycles. The molecule has 0 atom stereocenters. The normalized spacial score (nSPS) is 10.5. The van der Waals surface area contributed by atoms with Crippen molar-refractivity contribution >= 4 is 56.0 Å². The van der Waals surface area contributed by atoms with Crippen LogP contribution >= 0.6 is 0 Å². The zero-order chi connectivity index (χ0) is 44.5. The third kappa shape index (κ3) is 15.1. The van der Waals surface area contributed by atoms with E-state index in [0.717, 1.165) is 33.2 Å². The maximum absolute atomic E-state index is 11.5. The van der Waals surface area contributed by atoms with Crippen molar-refractivity contribution in [2.24, 2.45) is 11.8 Å². The van der Waals surface area contributed by atoms with Crippen molar-refractivity contribution in [1.29, 1.82) is 0 Å². The molecular weight excluding hydrogens is 992 g/mol. The number of aliphatic hydroxyl groups excluding tert-OH is 4. The summed E-state index contributed by atoms with van der Waals surface area (Å²) in [5.41, 5.74) is 15.5. The van der Waals surface area contributed by atoms with Crippen molar-refractivity contribution in [2.75, 3.05) is 37.9 Å². The summed E-state index contributed by atoms with van der Waals surface area (Å²) in [5, 5.41) is 67.7. The number of aryl methyl sites for hydroxylation is 4. The molecule has 0 amide bonds. The molecular formula is C34H42N14O12Pt. The van der Waals surface area contributed by atoms with Crippen molar-refractivity contribution in [3.63, 3.8) is 0 Å². The number of rotatable bonds is 10. The van der Waals surface area contributed by atoms with E-state index in [-0.39, 0.29) is 93.4 Å². The average Bonchev–Trinajstić information content (AvgIpc) is 3.80. The Bertz CT molecular complexity index is 2440. The molecule has 0 aliphatic heterocycles. The van der Waals surface area contributed by atoms with Gasteiger partial charge in [0.15, 0.2) is 22.3 Å². The number of aromatic nitrogens is 10. The van der Waals surface area contributed by atoms with Crippen LogP contribution in [0.5, 0.6) is 0 Å². The Balaban J connectivity index is 0.000000287. The fraction of sp³-hybridized carbons (Fsp3) is 0.353. The molecule has 6 aromatic heterocycles. The van der Waals surface area contributed by atoms with Gasteiger partial charge in [0.25, 0.3) is 11.1 Å². The molecule has 6 heterocycles.